The molecule has 7 nitrogen and oxygen atoms in total. The van der Waals surface area contributed by atoms with Crippen molar-refractivity contribution in [3.05, 3.63) is 22.2 Å². The molecule has 0 amide bonds. The van der Waals surface area contributed by atoms with Crippen LogP contribution in [0.25, 0.3) is 0 Å². The van der Waals surface area contributed by atoms with Crippen molar-refractivity contribution in [3.8, 4) is 0 Å². The van der Waals surface area contributed by atoms with Gasteiger partial charge in [0.1, 0.15) is 5.82 Å². The van der Waals surface area contributed by atoms with Crippen molar-refractivity contribution in [1.82, 2.24) is 9.88 Å². The minimum absolute atomic E-state index is 0.0681. The van der Waals surface area contributed by atoms with E-state index in [1.165, 1.54) is 6.07 Å². The number of rotatable bonds is 3. The van der Waals surface area contributed by atoms with E-state index in [0.717, 1.165) is 26.2 Å². The maximum absolute atomic E-state index is 11.0. The van der Waals surface area contributed by atoms with E-state index in [-0.39, 0.29) is 10.6 Å². The number of nitrogens with zero attached hydrogens (tertiary/aromatic N) is 4. The fourth-order valence-electron chi connectivity index (χ4n) is 1.97. The van der Waals surface area contributed by atoms with Crippen molar-refractivity contribution in [2.45, 2.75) is 0 Å². The van der Waals surface area contributed by atoms with E-state index >= 15 is 0 Å². The van der Waals surface area contributed by atoms with Crippen molar-refractivity contribution >= 4 is 17.3 Å². The molecular weight excluding hydrogens is 234 g/mol. The SMILES string of the molecule is CNc1ccc([N+](=O)[O-])c(N2CCN(C)CC2)n1. The Bertz CT molecular complexity index is 443. The van der Waals surface area contributed by atoms with Gasteiger partial charge in [0.05, 0.1) is 4.92 Å². The number of nitro groups is 1. The molecule has 1 aliphatic heterocycles. The molecule has 1 aromatic rings. The molecule has 0 unspecified atom stereocenters. The number of hydrogen-bond acceptors (Lipinski definition) is 6. The Morgan fingerprint density at radius 1 is 1.33 bits per heavy atom. The molecule has 98 valence electrons. The number of nitrogens with one attached hydrogen (secondary N) is 1. The molecule has 1 aromatic heterocycles. The van der Waals surface area contributed by atoms with Crippen LogP contribution in [-0.2, 0) is 0 Å². The summed E-state index contributed by atoms with van der Waals surface area (Å²) in [5.74, 6) is 1.11. The molecule has 0 aliphatic carbocycles. The second-order valence-corrected chi connectivity index (χ2v) is 4.34. The lowest BCUT2D eigenvalue weighted by atomic mass is 10.3. The zero-order valence-electron chi connectivity index (χ0n) is 10.6. The van der Waals surface area contributed by atoms with E-state index in [4.69, 9.17) is 0 Å². The molecule has 0 spiro atoms. The summed E-state index contributed by atoms with van der Waals surface area (Å²) in [5, 5.41) is 13.9. The van der Waals surface area contributed by atoms with Gasteiger partial charge in [0.25, 0.3) is 0 Å². The van der Waals surface area contributed by atoms with Gasteiger partial charge in [-0.15, -0.1) is 0 Å². The third-order valence-electron chi connectivity index (χ3n) is 3.11. The Kier molecular flexibility index (Phi) is 3.61. The van der Waals surface area contributed by atoms with Gasteiger partial charge in [-0.3, -0.25) is 10.1 Å². The molecule has 1 fully saturated rings. The Labute approximate surface area is 106 Å². The highest BCUT2D eigenvalue weighted by Gasteiger charge is 2.24. The number of aromatic nitrogens is 1. The van der Waals surface area contributed by atoms with Crippen molar-refractivity contribution in [2.24, 2.45) is 0 Å². The molecule has 2 heterocycles. The summed E-state index contributed by atoms with van der Waals surface area (Å²) in [6, 6.07) is 3.13. The fourth-order valence-corrected chi connectivity index (χ4v) is 1.97. The minimum atomic E-state index is -0.375. The molecule has 1 saturated heterocycles. The lowest BCUT2D eigenvalue weighted by Crippen LogP contribution is -2.45. The molecule has 1 aliphatic rings. The Hall–Kier alpha value is -1.89. The fraction of sp³-hybridized carbons (Fsp3) is 0.545. The molecule has 0 bridgehead atoms. The molecule has 0 saturated carbocycles. The van der Waals surface area contributed by atoms with Crippen molar-refractivity contribution in [1.29, 1.82) is 0 Å². The van der Waals surface area contributed by atoms with Gasteiger partial charge in [0.15, 0.2) is 0 Å². The number of pyridine rings is 1. The second-order valence-electron chi connectivity index (χ2n) is 4.34. The van der Waals surface area contributed by atoms with Crippen LogP contribution in [0.5, 0.6) is 0 Å². The van der Waals surface area contributed by atoms with Crippen LogP contribution in [0, 0.1) is 10.1 Å². The van der Waals surface area contributed by atoms with Crippen LogP contribution in [0.3, 0.4) is 0 Å². The minimum Gasteiger partial charge on any atom is -0.373 e. The van der Waals surface area contributed by atoms with Gasteiger partial charge in [-0.05, 0) is 13.1 Å². The van der Waals surface area contributed by atoms with Crippen LogP contribution in [0.15, 0.2) is 12.1 Å². The molecule has 1 N–H and O–H groups in total. The average Bonchev–Trinajstić information content (AvgIpc) is 2.38. The van der Waals surface area contributed by atoms with Crippen LogP contribution in [0.4, 0.5) is 17.3 Å². The van der Waals surface area contributed by atoms with Crippen LogP contribution in [0.1, 0.15) is 0 Å². The lowest BCUT2D eigenvalue weighted by Gasteiger charge is -2.32. The smallest absolute Gasteiger partial charge is 0.311 e. The first-order valence-electron chi connectivity index (χ1n) is 5.88. The Morgan fingerprint density at radius 3 is 2.56 bits per heavy atom. The standard InChI is InChI=1S/C11H17N5O2/c1-12-10-4-3-9(16(17)18)11(13-10)15-7-5-14(2)6-8-15/h3-4H,5-8H2,1-2H3,(H,12,13). The average molecular weight is 251 g/mol. The van der Waals surface area contributed by atoms with E-state index in [1.54, 1.807) is 13.1 Å². The Morgan fingerprint density at radius 2 is 2.00 bits per heavy atom. The van der Waals surface area contributed by atoms with Gasteiger partial charge in [0, 0.05) is 39.3 Å². The van der Waals surface area contributed by atoms with Gasteiger partial charge in [-0.2, -0.15) is 0 Å². The maximum atomic E-state index is 11.0. The van der Waals surface area contributed by atoms with Gasteiger partial charge >= 0.3 is 5.69 Å². The van der Waals surface area contributed by atoms with Crippen molar-refractivity contribution in [3.63, 3.8) is 0 Å². The normalized spacial score (nSPS) is 16.7. The Balaban J connectivity index is 2.31. The van der Waals surface area contributed by atoms with Gasteiger partial charge in [-0.1, -0.05) is 0 Å². The van der Waals surface area contributed by atoms with Crippen LogP contribution < -0.4 is 10.2 Å². The molecule has 18 heavy (non-hydrogen) atoms. The number of piperazine rings is 1. The molecule has 2 rings (SSSR count). The third-order valence-corrected chi connectivity index (χ3v) is 3.11. The van der Waals surface area contributed by atoms with Crippen LogP contribution >= 0.6 is 0 Å². The van der Waals surface area contributed by atoms with E-state index in [9.17, 15) is 10.1 Å². The predicted octanol–water partition coefficient (Wildman–Crippen LogP) is 0.783. The zero-order chi connectivity index (χ0) is 13.1. The van der Waals surface area contributed by atoms with Gasteiger partial charge in [0.2, 0.25) is 5.82 Å². The highest BCUT2D eigenvalue weighted by Crippen LogP contribution is 2.28. The summed E-state index contributed by atoms with van der Waals surface area (Å²) in [7, 11) is 3.80. The highest BCUT2D eigenvalue weighted by atomic mass is 16.6. The largest absolute Gasteiger partial charge is 0.373 e. The summed E-state index contributed by atoms with van der Waals surface area (Å²) >= 11 is 0. The van der Waals surface area contributed by atoms with E-state index < -0.39 is 0 Å². The first-order valence-corrected chi connectivity index (χ1v) is 5.88. The second kappa shape index (κ2) is 5.18. The number of anilines is 2. The summed E-state index contributed by atoms with van der Waals surface area (Å²) in [5.41, 5.74) is 0.0681. The monoisotopic (exact) mass is 251 g/mol. The quantitative estimate of drug-likeness (QED) is 0.632. The zero-order valence-corrected chi connectivity index (χ0v) is 10.6. The number of hydrogen-bond donors (Lipinski definition) is 1. The highest BCUT2D eigenvalue weighted by molar-refractivity contribution is 5.62. The summed E-state index contributed by atoms with van der Waals surface area (Å²) in [4.78, 5) is 19.1. The summed E-state index contributed by atoms with van der Waals surface area (Å²) in [6.45, 7) is 3.31. The number of likely N-dealkylation sites (N-methyl/N-ethyl adjacent to an activating group) is 1. The first-order chi connectivity index (χ1) is 8.61. The van der Waals surface area contributed by atoms with Crippen LogP contribution in [0.2, 0.25) is 0 Å². The summed E-state index contributed by atoms with van der Waals surface area (Å²) in [6.07, 6.45) is 0. The molecular formula is C11H17N5O2. The van der Waals surface area contributed by atoms with Crippen molar-refractivity contribution < 1.29 is 4.92 Å². The third kappa shape index (κ3) is 2.51. The van der Waals surface area contributed by atoms with E-state index in [1.807, 2.05) is 11.9 Å². The molecule has 0 radical (unpaired) electrons. The summed E-state index contributed by atoms with van der Waals surface area (Å²) < 4.78 is 0. The topological polar surface area (TPSA) is 74.5 Å². The first kappa shape index (κ1) is 12.6. The molecule has 0 aromatic carbocycles. The van der Waals surface area contributed by atoms with E-state index in [0.29, 0.717) is 11.6 Å². The molecule has 7 heteroatoms. The van der Waals surface area contributed by atoms with Gasteiger partial charge in [-0.25, -0.2) is 4.98 Å². The predicted molar refractivity (Wildman–Crippen MR) is 70.1 cm³/mol. The lowest BCUT2D eigenvalue weighted by molar-refractivity contribution is -0.384. The molecule has 0 atom stereocenters. The van der Waals surface area contributed by atoms with E-state index in [2.05, 4.69) is 15.2 Å². The maximum Gasteiger partial charge on any atom is 0.311 e. The van der Waals surface area contributed by atoms with Gasteiger partial charge < -0.3 is 15.1 Å². The van der Waals surface area contributed by atoms with Crippen molar-refractivity contribution in [2.75, 3.05) is 50.5 Å². The van der Waals surface area contributed by atoms with Crippen LogP contribution in [-0.4, -0.2) is 55.1 Å².